The molecule has 3 heteroatoms. The molecule has 0 aromatic rings. The second-order valence-electron chi connectivity index (χ2n) is 1.63. The predicted molar refractivity (Wildman–Crippen MR) is 42.7 cm³/mol. The van der Waals surface area contributed by atoms with Crippen LogP contribution in [0.3, 0.4) is 0 Å². The molecule has 0 radical (unpaired) electrons. The van der Waals surface area contributed by atoms with Crippen LogP contribution in [0, 0.1) is 0 Å². The summed E-state index contributed by atoms with van der Waals surface area (Å²) in [6, 6.07) is 0. The van der Waals surface area contributed by atoms with Gasteiger partial charge in [0.05, 0.1) is 5.70 Å². The van der Waals surface area contributed by atoms with E-state index in [1.165, 1.54) is 0 Å². The van der Waals surface area contributed by atoms with Gasteiger partial charge in [0.25, 0.3) is 0 Å². The van der Waals surface area contributed by atoms with Crippen LogP contribution >= 0.6 is 0 Å². The number of oxime groups is 1. The van der Waals surface area contributed by atoms with Gasteiger partial charge in [0.15, 0.2) is 0 Å². The quantitative estimate of drug-likeness (QED) is 0.274. The summed E-state index contributed by atoms with van der Waals surface area (Å²) < 4.78 is 0. The van der Waals surface area contributed by atoms with Crippen molar-refractivity contribution in [2.75, 3.05) is 0 Å². The van der Waals surface area contributed by atoms with Gasteiger partial charge >= 0.3 is 0 Å². The molecule has 0 fully saturated rings. The molecule has 1 N–H and O–H groups in total. The van der Waals surface area contributed by atoms with Crippen LogP contribution < -0.4 is 0 Å². The highest BCUT2D eigenvalue weighted by Crippen LogP contribution is 1.98. The van der Waals surface area contributed by atoms with Crippen LogP contribution in [0.1, 0.15) is 6.92 Å². The molecule has 0 spiro atoms. The van der Waals surface area contributed by atoms with Gasteiger partial charge in [-0.2, -0.15) is 0 Å². The Morgan fingerprint density at radius 3 is 2.50 bits per heavy atom. The van der Waals surface area contributed by atoms with Crippen molar-refractivity contribution in [3.05, 3.63) is 24.4 Å². The molecule has 0 saturated carbocycles. The summed E-state index contributed by atoms with van der Waals surface area (Å²) in [6.45, 7) is 8.38. The van der Waals surface area contributed by atoms with Crippen LogP contribution in [-0.4, -0.2) is 17.6 Å². The molecule has 0 saturated heterocycles. The van der Waals surface area contributed by atoms with Crippen LogP contribution in [0.5, 0.6) is 0 Å². The van der Waals surface area contributed by atoms with E-state index in [2.05, 4.69) is 23.4 Å². The number of aliphatic imine (C=N–C) groups is 1. The minimum Gasteiger partial charge on any atom is -0.411 e. The summed E-state index contributed by atoms with van der Waals surface area (Å²) in [5.74, 6) is 0. The number of nitrogens with zero attached hydrogens (tertiary/aromatic N) is 2. The average molecular weight is 138 g/mol. The highest BCUT2D eigenvalue weighted by atomic mass is 16.4. The van der Waals surface area contributed by atoms with Crippen molar-refractivity contribution in [3.63, 3.8) is 0 Å². The van der Waals surface area contributed by atoms with Crippen LogP contribution in [0.2, 0.25) is 0 Å². The Labute approximate surface area is 60.1 Å². The van der Waals surface area contributed by atoms with Gasteiger partial charge < -0.3 is 5.21 Å². The summed E-state index contributed by atoms with van der Waals surface area (Å²) in [4.78, 5) is 3.60. The van der Waals surface area contributed by atoms with E-state index in [1.807, 2.05) is 0 Å². The topological polar surface area (TPSA) is 45.0 Å². The van der Waals surface area contributed by atoms with E-state index in [0.29, 0.717) is 11.4 Å². The number of allylic oxidation sites excluding steroid dienone is 3. The van der Waals surface area contributed by atoms with E-state index in [-0.39, 0.29) is 0 Å². The molecule has 54 valence electrons. The van der Waals surface area contributed by atoms with Gasteiger partial charge in [-0.25, -0.2) is 0 Å². The monoisotopic (exact) mass is 138 g/mol. The highest BCUT2D eigenvalue weighted by molar-refractivity contribution is 5.98. The molecule has 0 amide bonds. The van der Waals surface area contributed by atoms with E-state index in [9.17, 15) is 0 Å². The van der Waals surface area contributed by atoms with Gasteiger partial charge in [-0.15, -0.1) is 0 Å². The fourth-order valence-corrected chi connectivity index (χ4v) is 0.451. The third-order valence-corrected chi connectivity index (χ3v) is 0.967. The molecular formula is C7H10N2O. The van der Waals surface area contributed by atoms with Crippen molar-refractivity contribution in [3.8, 4) is 0 Å². The normalized spacial score (nSPS) is 12.9. The molecule has 0 rings (SSSR count). The van der Waals surface area contributed by atoms with E-state index in [0.717, 1.165) is 0 Å². The van der Waals surface area contributed by atoms with Crippen molar-refractivity contribution in [2.24, 2.45) is 10.1 Å². The largest absolute Gasteiger partial charge is 0.411 e. The first-order valence-corrected chi connectivity index (χ1v) is 2.74. The Bertz CT molecular complexity index is 192. The Morgan fingerprint density at radius 2 is 2.20 bits per heavy atom. The molecule has 0 heterocycles. The highest BCUT2D eigenvalue weighted by Gasteiger charge is 1.94. The van der Waals surface area contributed by atoms with Gasteiger partial charge in [-0.3, -0.25) is 4.99 Å². The Morgan fingerprint density at radius 1 is 1.60 bits per heavy atom. The van der Waals surface area contributed by atoms with Crippen molar-refractivity contribution in [1.82, 2.24) is 0 Å². The maximum Gasteiger partial charge on any atom is 0.102 e. The van der Waals surface area contributed by atoms with Gasteiger partial charge in [0, 0.05) is 0 Å². The lowest BCUT2D eigenvalue weighted by Crippen LogP contribution is -1.93. The van der Waals surface area contributed by atoms with Crippen molar-refractivity contribution in [2.45, 2.75) is 6.92 Å². The smallest absolute Gasteiger partial charge is 0.102 e. The third-order valence-electron chi connectivity index (χ3n) is 0.967. The molecule has 0 aliphatic rings. The first kappa shape index (κ1) is 8.62. The molecule has 0 aliphatic carbocycles. The maximum atomic E-state index is 8.29. The zero-order chi connectivity index (χ0) is 7.98. The lowest BCUT2D eigenvalue weighted by atomic mass is 10.3. The fraction of sp³-hybridized carbons (Fsp3) is 0.143. The van der Waals surface area contributed by atoms with Gasteiger partial charge in [0.1, 0.15) is 5.71 Å². The Balaban J connectivity index is 4.51. The van der Waals surface area contributed by atoms with Crippen LogP contribution in [0.25, 0.3) is 0 Å². The maximum absolute atomic E-state index is 8.29. The zero-order valence-electron chi connectivity index (χ0n) is 5.91. The summed E-state index contributed by atoms with van der Waals surface area (Å²) >= 11 is 0. The summed E-state index contributed by atoms with van der Waals surface area (Å²) in [5.41, 5.74) is 0.951. The number of rotatable bonds is 3. The third kappa shape index (κ3) is 2.26. The number of hydrogen-bond acceptors (Lipinski definition) is 3. The minimum atomic E-state index is 0.426. The predicted octanol–water partition coefficient (Wildman–Crippen LogP) is 1.61. The summed E-state index contributed by atoms with van der Waals surface area (Å²) in [6.07, 6.45) is 3.17. The first-order valence-electron chi connectivity index (χ1n) is 2.74. The molecular weight excluding hydrogens is 128 g/mol. The van der Waals surface area contributed by atoms with Crippen LogP contribution in [0.4, 0.5) is 0 Å². The Kier molecular flexibility index (Phi) is 3.87. The minimum absolute atomic E-state index is 0.426. The number of hydrogen-bond donors (Lipinski definition) is 1. The van der Waals surface area contributed by atoms with E-state index in [1.54, 1.807) is 19.1 Å². The molecule has 0 atom stereocenters. The Hall–Kier alpha value is -1.38. The molecule has 0 aromatic heterocycles. The summed E-state index contributed by atoms with van der Waals surface area (Å²) in [5, 5.41) is 11.2. The van der Waals surface area contributed by atoms with Gasteiger partial charge in [-0.1, -0.05) is 17.8 Å². The molecule has 0 unspecified atom stereocenters. The second-order valence-corrected chi connectivity index (χ2v) is 1.63. The fourth-order valence-electron chi connectivity index (χ4n) is 0.451. The van der Waals surface area contributed by atoms with Crippen LogP contribution in [-0.2, 0) is 0 Å². The SMILES string of the molecule is C=C/C=C(N=C)/C(C)=N/O. The molecule has 10 heavy (non-hydrogen) atoms. The summed E-state index contributed by atoms with van der Waals surface area (Å²) in [7, 11) is 0. The van der Waals surface area contributed by atoms with E-state index >= 15 is 0 Å². The van der Waals surface area contributed by atoms with Crippen molar-refractivity contribution >= 4 is 12.4 Å². The first-order chi connectivity index (χ1) is 4.76. The van der Waals surface area contributed by atoms with Crippen molar-refractivity contribution < 1.29 is 5.21 Å². The van der Waals surface area contributed by atoms with Crippen molar-refractivity contribution in [1.29, 1.82) is 0 Å². The van der Waals surface area contributed by atoms with E-state index in [4.69, 9.17) is 5.21 Å². The zero-order valence-corrected chi connectivity index (χ0v) is 5.91. The van der Waals surface area contributed by atoms with Gasteiger partial charge in [0.2, 0.25) is 0 Å². The standard InChI is InChI=1S/C7H10N2O/c1-4-5-7(8-3)6(2)9-10/h4-5,10H,1,3H2,2H3/b7-5-,9-6+. The van der Waals surface area contributed by atoms with Gasteiger partial charge in [-0.05, 0) is 19.7 Å². The molecule has 0 aliphatic heterocycles. The second kappa shape index (κ2) is 4.49. The van der Waals surface area contributed by atoms with Crippen LogP contribution in [0.15, 0.2) is 34.6 Å². The average Bonchev–Trinajstić information content (AvgIpc) is 1.99. The lowest BCUT2D eigenvalue weighted by Gasteiger charge is -1.93. The van der Waals surface area contributed by atoms with E-state index < -0.39 is 0 Å². The molecule has 3 nitrogen and oxygen atoms in total. The lowest BCUT2D eigenvalue weighted by molar-refractivity contribution is 0.319. The molecule has 0 aromatic carbocycles. The molecule has 0 bridgehead atoms.